The van der Waals surface area contributed by atoms with Gasteiger partial charge in [0.15, 0.2) is 0 Å². The molecule has 1 aliphatic rings. The van der Waals surface area contributed by atoms with Crippen LogP contribution < -0.4 is 5.32 Å². The molecule has 0 aliphatic carbocycles. The fourth-order valence-corrected chi connectivity index (χ4v) is 2.49. The lowest BCUT2D eigenvalue weighted by Gasteiger charge is -2.15. The van der Waals surface area contributed by atoms with E-state index >= 15 is 0 Å². The summed E-state index contributed by atoms with van der Waals surface area (Å²) in [4.78, 5) is 29.1. The number of aromatic nitrogens is 3. The summed E-state index contributed by atoms with van der Waals surface area (Å²) in [7, 11) is 0. The summed E-state index contributed by atoms with van der Waals surface area (Å²) < 4.78 is 0. The van der Waals surface area contributed by atoms with Crippen molar-refractivity contribution in [2.75, 3.05) is 12.3 Å². The van der Waals surface area contributed by atoms with E-state index in [-0.39, 0.29) is 11.9 Å². The van der Waals surface area contributed by atoms with Gasteiger partial charge in [0.1, 0.15) is 11.4 Å². The molecule has 0 aromatic carbocycles. The molecule has 3 amide bonds. The first kappa shape index (κ1) is 13.9. The number of hydrogen-bond donors (Lipinski definition) is 2. The second kappa shape index (κ2) is 5.20. The van der Waals surface area contributed by atoms with Crippen LogP contribution in [0.4, 0.5) is 4.79 Å². The number of rotatable bonds is 5. The van der Waals surface area contributed by atoms with Crippen LogP contribution in [0.2, 0.25) is 0 Å². The smallest absolute Gasteiger partial charge is 0.324 e. The van der Waals surface area contributed by atoms with Gasteiger partial charge in [0.2, 0.25) is 5.16 Å². The van der Waals surface area contributed by atoms with Crippen molar-refractivity contribution in [2.24, 2.45) is 0 Å². The van der Waals surface area contributed by atoms with E-state index in [1.54, 1.807) is 13.8 Å². The van der Waals surface area contributed by atoms with Crippen molar-refractivity contribution in [3.8, 4) is 0 Å². The van der Waals surface area contributed by atoms with E-state index in [0.717, 1.165) is 12.2 Å². The number of hydrogen-bond acceptors (Lipinski definition) is 5. The predicted molar refractivity (Wildman–Crippen MR) is 70.8 cm³/mol. The van der Waals surface area contributed by atoms with Crippen molar-refractivity contribution in [1.82, 2.24) is 25.4 Å². The van der Waals surface area contributed by atoms with E-state index in [4.69, 9.17) is 0 Å². The second-order valence-electron chi connectivity index (χ2n) is 4.78. The Kier molecular flexibility index (Phi) is 3.79. The number of nitrogens with one attached hydrogen (secondary N) is 2. The van der Waals surface area contributed by atoms with Gasteiger partial charge in [0.25, 0.3) is 5.91 Å². The Bertz CT molecular complexity index is 499. The van der Waals surface area contributed by atoms with Gasteiger partial charge in [-0.1, -0.05) is 18.7 Å². The summed E-state index contributed by atoms with van der Waals surface area (Å²) in [5.41, 5.74) is -0.804. The Hall–Kier alpha value is -1.57. The molecule has 2 heterocycles. The van der Waals surface area contributed by atoms with E-state index in [0.29, 0.717) is 17.5 Å². The van der Waals surface area contributed by atoms with Crippen LogP contribution in [0.25, 0.3) is 0 Å². The molecule has 1 aromatic heterocycles. The first-order valence-electron chi connectivity index (χ1n) is 6.12. The van der Waals surface area contributed by atoms with Gasteiger partial charge in [-0.05, 0) is 13.8 Å². The summed E-state index contributed by atoms with van der Waals surface area (Å²) in [6.45, 7) is 5.74. The normalized spacial score (nSPS) is 17.9. The highest BCUT2D eigenvalue weighted by molar-refractivity contribution is 7.99. The first-order valence-corrected chi connectivity index (χ1v) is 7.11. The molecule has 0 unspecified atom stereocenters. The van der Waals surface area contributed by atoms with Gasteiger partial charge in [0, 0.05) is 18.7 Å². The zero-order chi connectivity index (χ0) is 14.0. The van der Waals surface area contributed by atoms with Crippen LogP contribution in [0.5, 0.6) is 0 Å². The van der Waals surface area contributed by atoms with Crippen molar-refractivity contribution < 1.29 is 9.59 Å². The summed E-state index contributed by atoms with van der Waals surface area (Å²) in [5, 5.41) is 10.2. The average Bonchev–Trinajstić information content (AvgIpc) is 2.87. The minimum Gasteiger partial charge on any atom is -0.324 e. The maximum absolute atomic E-state index is 11.9. The Morgan fingerprint density at radius 2 is 2.11 bits per heavy atom. The van der Waals surface area contributed by atoms with Crippen molar-refractivity contribution in [2.45, 2.75) is 37.9 Å². The monoisotopic (exact) mass is 283 g/mol. The van der Waals surface area contributed by atoms with Gasteiger partial charge in [-0.15, -0.1) is 5.10 Å². The third-order valence-electron chi connectivity index (χ3n) is 2.84. The molecule has 19 heavy (non-hydrogen) atoms. The average molecular weight is 283 g/mol. The summed E-state index contributed by atoms with van der Waals surface area (Å²) in [6.07, 6.45) is 0.800. The highest BCUT2D eigenvalue weighted by Crippen LogP contribution is 2.18. The quantitative estimate of drug-likeness (QED) is 0.616. The predicted octanol–water partition coefficient (Wildman–Crippen LogP) is 0.790. The molecule has 1 fully saturated rings. The topological polar surface area (TPSA) is 91.0 Å². The van der Waals surface area contributed by atoms with Crippen LogP contribution in [0, 0.1) is 0 Å². The minimum absolute atomic E-state index is 0.192. The summed E-state index contributed by atoms with van der Waals surface area (Å²) in [5.74, 6) is 1.22. The third kappa shape index (κ3) is 2.89. The standard InChI is InChI=1S/C11H17N5O2S/c1-4-7-12-9(15-14-7)19-6-5-16-8(17)11(2,3)13-10(16)18/h4-6H2,1-3H3,(H,13,18)(H,12,14,15). The number of thioether (sulfide) groups is 1. The molecule has 7 nitrogen and oxygen atoms in total. The van der Waals surface area contributed by atoms with Gasteiger partial charge in [-0.25, -0.2) is 9.78 Å². The number of H-pyrrole nitrogens is 1. The lowest BCUT2D eigenvalue weighted by atomic mass is 10.1. The number of urea groups is 1. The highest BCUT2D eigenvalue weighted by Gasteiger charge is 2.43. The molecular formula is C11H17N5O2S. The van der Waals surface area contributed by atoms with E-state index in [9.17, 15) is 9.59 Å². The van der Waals surface area contributed by atoms with Crippen LogP contribution in [0.1, 0.15) is 26.6 Å². The second-order valence-corrected chi connectivity index (χ2v) is 5.84. The summed E-state index contributed by atoms with van der Waals surface area (Å²) >= 11 is 1.42. The van der Waals surface area contributed by atoms with E-state index < -0.39 is 5.54 Å². The zero-order valence-corrected chi connectivity index (χ0v) is 12.0. The number of imide groups is 1. The summed E-state index contributed by atoms with van der Waals surface area (Å²) in [6, 6.07) is -0.333. The molecule has 1 aromatic rings. The van der Waals surface area contributed by atoms with Crippen molar-refractivity contribution in [3.63, 3.8) is 0 Å². The SMILES string of the molecule is CCc1nc(SCCN2C(=O)NC(C)(C)C2=O)n[nH]1. The fraction of sp³-hybridized carbons (Fsp3) is 0.636. The minimum atomic E-state index is -0.804. The van der Waals surface area contributed by atoms with E-state index in [1.165, 1.54) is 16.7 Å². The number of amides is 3. The van der Waals surface area contributed by atoms with Gasteiger partial charge in [-0.3, -0.25) is 14.8 Å². The van der Waals surface area contributed by atoms with E-state index in [1.807, 2.05) is 6.92 Å². The Balaban J connectivity index is 1.86. The molecular weight excluding hydrogens is 266 g/mol. The molecule has 0 saturated carbocycles. The molecule has 0 radical (unpaired) electrons. The van der Waals surface area contributed by atoms with Crippen LogP contribution in [0.3, 0.4) is 0 Å². The first-order chi connectivity index (χ1) is 8.94. The largest absolute Gasteiger partial charge is 0.325 e. The van der Waals surface area contributed by atoms with Gasteiger partial charge in [0.05, 0.1) is 0 Å². The Morgan fingerprint density at radius 3 is 2.63 bits per heavy atom. The van der Waals surface area contributed by atoms with Crippen molar-refractivity contribution in [3.05, 3.63) is 5.82 Å². The molecule has 0 atom stereocenters. The van der Waals surface area contributed by atoms with Crippen LogP contribution in [-0.4, -0.2) is 49.9 Å². The number of aryl methyl sites for hydroxylation is 1. The highest BCUT2D eigenvalue weighted by atomic mass is 32.2. The lowest BCUT2D eigenvalue weighted by Crippen LogP contribution is -2.40. The Morgan fingerprint density at radius 1 is 1.37 bits per heavy atom. The van der Waals surface area contributed by atoms with Gasteiger partial charge in [-0.2, -0.15) is 0 Å². The molecule has 0 bridgehead atoms. The van der Waals surface area contributed by atoms with Crippen molar-refractivity contribution in [1.29, 1.82) is 0 Å². The fourth-order valence-electron chi connectivity index (χ4n) is 1.75. The third-order valence-corrected chi connectivity index (χ3v) is 3.66. The maximum atomic E-state index is 11.9. The van der Waals surface area contributed by atoms with Crippen LogP contribution in [-0.2, 0) is 11.2 Å². The molecule has 0 spiro atoms. The van der Waals surface area contributed by atoms with Crippen LogP contribution in [0.15, 0.2) is 5.16 Å². The molecule has 104 valence electrons. The number of aromatic amines is 1. The van der Waals surface area contributed by atoms with Gasteiger partial charge >= 0.3 is 6.03 Å². The van der Waals surface area contributed by atoms with Gasteiger partial charge < -0.3 is 5.32 Å². The zero-order valence-electron chi connectivity index (χ0n) is 11.2. The molecule has 1 aliphatic heterocycles. The number of nitrogens with zero attached hydrogens (tertiary/aromatic N) is 3. The Labute approximate surface area is 115 Å². The van der Waals surface area contributed by atoms with Crippen LogP contribution >= 0.6 is 11.8 Å². The molecule has 2 N–H and O–H groups in total. The molecule has 2 rings (SSSR count). The van der Waals surface area contributed by atoms with E-state index in [2.05, 4.69) is 20.5 Å². The van der Waals surface area contributed by atoms with Crippen molar-refractivity contribution >= 4 is 23.7 Å². The number of carbonyl (C=O) groups is 2. The molecule has 1 saturated heterocycles. The maximum Gasteiger partial charge on any atom is 0.325 e. The number of carbonyl (C=O) groups excluding carboxylic acids is 2. The lowest BCUT2D eigenvalue weighted by molar-refractivity contribution is -0.130. The molecule has 8 heteroatoms.